The monoisotopic (exact) mass is 223 g/mol. The molecule has 0 radical (unpaired) electrons. The van der Waals surface area contributed by atoms with Crippen molar-refractivity contribution in [2.45, 2.75) is 19.9 Å². The number of hydrogen-bond donors (Lipinski definition) is 1. The van der Waals surface area contributed by atoms with Crippen LogP contribution < -0.4 is 10.5 Å². The number of benzene rings is 1. The van der Waals surface area contributed by atoms with E-state index in [0.717, 1.165) is 16.9 Å². The first-order chi connectivity index (χ1) is 7.69. The first kappa shape index (κ1) is 12.5. The SMILES string of the molecule is COC(=O)CCOc1c(C)cccc1CN. The topological polar surface area (TPSA) is 61.5 Å². The number of ether oxygens (including phenoxy) is 2. The fraction of sp³-hybridized carbons (Fsp3) is 0.417. The molecule has 1 aromatic rings. The van der Waals surface area contributed by atoms with Gasteiger partial charge < -0.3 is 15.2 Å². The predicted molar refractivity (Wildman–Crippen MR) is 61.2 cm³/mol. The summed E-state index contributed by atoms with van der Waals surface area (Å²) in [6, 6.07) is 5.80. The number of hydrogen-bond acceptors (Lipinski definition) is 4. The minimum atomic E-state index is -0.275. The number of carbonyl (C=O) groups is 1. The van der Waals surface area contributed by atoms with E-state index < -0.39 is 0 Å². The Morgan fingerprint density at radius 3 is 2.81 bits per heavy atom. The van der Waals surface area contributed by atoms with E-state index in [1.165, 1.54) is 7.11 Å². The van der Waals surface area contributed by atoms with Gasteiger partial charge in [0.2, 0.25) is 0 Å². The lowest BCUT2D eigenvalue weighted by molar-refractivity contribution is -0.141. The van der Waals surface area contributed by atoms with E-state index in [9.17, 15) is 4.79 Å². The molecule has 0 unspecified atom stereocenters. The van der Waals surface area contributed by atoms with E-state index in [1.54, 1.807) is 0 Å². The van der Waals surface area contributed by atoms with Crippen LogP contribution in [0.1, 0.15) is 17.5 Å². The quantitative estimate of drug-likeness (QED) is 0.766. The fourth-order valence-corrected chi connectivity index (χ4v) is 1.42. The Bertz CT molecular complexity index is 363. The standard InChI is InChI=1S/C12H17NO3/c1-9-4-3-5-10(8-13)12(9)16-7-6-11(14)15-2/h3-5H,6-8,13H2,1-2H3. The molecule has 0 saturated heterocycles. The molecule has 0 heterocycles. The van der Waals surface area contributed by atoms with Gasteiger partial charge in [-0.3, -0.25) is 4.79 Å². The molecule has 16 heavy (non-hydrogen) atoms. The second-order valence-corrected chi connectivity index (χ2v) is 3.44. The molecule has 0 spiro atoms. The van der Waals surface area contributed by atoms with Gasteiger partial charge in [0.05, 0.1) is 20.1 Å². The molecule has 0 aliphatic heterocycles. The van der Waals surface area contributed by atoms with Crippen molar-refractivity contribution in [3.8, 4) is 5.75 Å². The van der Waals surface area contributed by atoms with Gasteiger partial charge in [0.25, 0.3) is 0 Å². The second kappa shape index (κ2) is 6.12. The van der Waals surface area contributed by atoms with Crippen LogP contribution in [0.25, 0.3) is 0 Å². The van der Waals surface area contributed by atoms with E-state index in [4.69, 9.17) is 10.5 Å². The average Bonchev–Trinajstić information content (AvgIpc) is 2.30. The Balaban J connectivity index is 2.62. The minimum Gasteiger partial charge on any atom is -0.492 e. The summed E-state index contributed by atoms with van der Waals surface area (Å²) in [5.74, 6) is 0.497. The number of para-hydroxylation sites is 1. The Hall–Kier alpha value is -1.55. The van der Waals surface area contributed by atoms with Crippen LogP contribution in [0.15, 0.2) is 18.2 Å². The smallest absolute Gasteiger partial charge is 0.308 e. The summed E-state index contributed by atoms with van der Waals surface area (Å²) in [5, 5.41) is 0. The number of rotatable bonds is 5. The molecule has 2 N–H and O–H groups in total. The van der Waals surface area contributed by atoms with E-state index >= 15 is 0 Å². The lowest BCUT2D eigenvalue weighted by Gasteiger charge is -2.12. The molecular weight excluding hydrogens is 206 g/mol. The molecule has 0 aliphatic carbocycles. The molecule has 0 amide bonds. The number of esters is 1. The second-order valence-electron chi connectivity index (χ2n) is 3.44. The summed E-state index contributed by atoms with van der Waals surface area (Å²) in [7, 11) is 1.36. The van der Waals surface area contributed by atoms with Crippen molar-refractivity contribution >= 4 is 5.97 Å². The minimum absolute atomic E-state index is 0.245. The summed E-state index contributed by atoms with van der Waals surface area (Å²) >= 11 is 0. The largest absolute Gasteiger partial charge is 0.492 e. The normalized spacial score (nSPS) is 9.94. The number of nitrogens with two attached hydrogens (primary N) is 1. The van der Waals surface area contributed by atoms with Crippen molar-refractivity contribution in [1.29, 1.82) is 0 Å². The van der Waals surface area contributed by atoms with Crippen LogP contribution in [0.3, 0.4) is 0 Å². The number of carbonyl (C=O) groups excluding carboxylic acids is 1. The van der Waals surface area contributed by atoms with Gasteiger partial charge in [-0.2, -0.15) is 0 Å². The fourth-order valence-electron chi connectivity index (χ4n) is 1.42. The number of aryl methyl sites for hydroxylation is 1. The van der Waals surface area contributed by atoms with Crippen molar-refractivity contribution in [3.63, 3.8) is 0 Å². The van der Waals surface area contributed by atoms with Crippen LogP contribution in [0.4, 0.5) is 0 Å². The highest BCUT2D eigenvalue weighted by atomic mass is 16.5. The van der Waals surface area contributed by atoms with Gasteiger partial charge in [0, 0.05) is 12.1 Å². The molecule has 0 bridgehead atoms. The lowest BCUT2D eigenvalue weighted by atomic mass is 10.1. The molecule has 0 aliphatic rings. The van der Waals surface area contributed by atoms with E-state index in [-0.39, 0.29) is 12.4 Å². The number of methoxy groups -OCH3 is 1. The van der Waals surface area contributed by atoms with Gasteiger partial charge >= 0.3 is 5.97 Å². The van der Waals surface area contributed by atoms with Crippen LogP contribution in [0, 0.1) is 6.92 Å². The highest BCUT2D eigenvalue weighted by Gasteiger charge is 2.07. The first-order valence-corrected chi connectivity index (χ1v) is 5.17. The van der Waals surface area contributed by atoms with Crippen LogP contribution >= 0.6 is 0 Å². The van der Waals surface area contributed by atoms with Crippen LogP contribution in [0.5, 0.6) is 5.75 Å². The van der Waals surface area contributed by atoms with Gasteiger partial charge in [0.15, 0.2) is 0 Å². The van der Waals surface area contributed by atoms with Crippen LogP contribution in [-0.4, -0.2) is 19.7 Å². The molecule has 1 aromatic carbocycles. The van der Waals surface area contributed by atoms with Gasteiger partial charge in [-0.15, -0.1) is 0 Å². The summed E-state index contributed by atoms with van der Waals surface area (Å²) < 4.78 is 10.1. The molecule has 4 heteroatoms. The first-order valence-electron chi connectivity index (χ1n) is 5.17. The van der Waals surface area contributed by atoms with E-state index in [0.29, 0.717) is 13.2 Å². The zero-order valence-electron chi connectivity index (χ0n) is 9.66. The third kappa shape index (κ3) is 3.24. The Morgan fingerprint density at radius 1 is 1.44 bits per heavy atom. The van der Waals surface area contributed by atoms with Gasteiger partial charge in [-0.05, 0) is 12.5 Å². The maximum absolute atomic E-state index is 10.9. The molecule has 1 rings (SSSR count). The van der Waals surface area contributed by atoms with Crippen molar-refractivity contribution < 1.29 is 14.3 Å². The molecule has 0 aromatic heterocycles. The van der Waals surface area contributed by atoms with Gasteiger partial charge in [0.1, 0.15) is 5.75 Å². The van der Waals surface area contributed by atoms with Crippen molar-refractivity contribution in [3.05, 3.63) is 29.3 Å². The predicted octanol–water partition coefficient (Wildman–Crippen LogP) is 1.40. The summed E-state index contributed by atoms with van der Waals surface area (Å²) in [4.78, 5) is 10.9. The van der Waals surface area contributed by atoms with Crippen molar-refractivity contribution in [2.75, 3.05) is 13.7 Å². The summed E-state index contributed by atoms with van der Waals surface area (Å²) in [5.41, 5.74) is 7.58. The van der Waals surface area contributed by atoms with Crippen LogP contribution in [0.2, 0.25) is 0 Å². The maximum Gasteiger partial charge on any atom is 0.308 e. The molecule has 0 saturated carbocycles. The Kier molecular flexibility index (Phi) is 4.79. The molecule has 0 fully saturated rings. The average molecular weight is 223 g/mol. The zero-order chi connectivity index (χ0) is 12.0. The van der Waals surface area contributed by atoms with E-state index in [2.05, 4.69) is 4.74 Å². The summed E-state index contributed by atoms with van der Waals surface area (Å²) in [6.07, 6.45) is 0.245. The molecule has 88 valence electrons. The Morgan fingerprint density at radius 2 is 2.19 bits per heavy atom. The Labute approximate surface area is 95.3 Å². The maximum atomic E-state index is 10.9. The zero-order valence-corrected chi connectivity index (χ0v) is 9.66. The summed E-state index contributed by atoms with van der Waals surface area (Å²) in [6.45, 7) is 2.69. The third-order valence-corrected chi connectivity index (χ3v) is 2.29. The van der Waals surface area contributed by atoms with E-state index in [1.807, 2.05) is 25.1 Å². The highest BCUT2D eigenvalue weighted by molar-refractivity contribution is 5.69. The highest BCUT2D eigenvalue weighted by Crippen LogP contribution is 2.22. The third-order valence-electron chi connectivity index (χ3n) is 2.29. The molecular formula is C12H17NO3. The molecule has 0 atom stereocenters. The van der Waals surface area contributed by atoms with Crippen LogP contribution in [-0.2, 0) is 16.1 Å². The lowest BCUT2D eigenvalue weighted by Crippen LogP contribution is -2.10. The molecule has 4 nitrogen and oxygen atoms in total. The van der Waals surface area contributed by atoms with Crippen molar-refractivity contribution in [1.82, 2.24) is 0 Å². The van der Waals surface area contributed by atoms with Gasteiger partial charge in [-0.25, -0.2) is 0 Å². The van der Waals surface area contributed by atoms with Gasteiger partial charge in [-0.1, -0.05) is 18.2 Å². The van der Waals surface area contributed by atoms with Crippen molar-refractivity contribution in [2.24, 2.45) is 5.73 Å².